The Balaban J connectivity index is 2.17. The predicted octanol–water partition coefficient (Wildman–Crippen LogP) is 1.32. The highest BCUT2D eigenvalue weighted by atomic mass is 16.3. The molecule has 0 saturated carbocycles. The molecule has 1 atom stereocenters. The van der Waals surface area contributed by atoms with Crippen molar-refractivity contribution >= 4 is 5.69 Å². The Morgan fingerprint density at radius 2 is 2.29 bits per heavy atom. The molecule has 1 aromatic rings. The van der Waals surface area contributed by atoms with Gasteiger partial charge in [-0.05, 0) is 22.9 Å². The van der Waals surface area contributed by atoms with Crippen molar-refractivity contribution in [3.05, 3.63) is 34.7 Å². The minimum atomic E-state index is 0.297. The normalized spacial score (nSPS) is 21.9. The van der Waals surface area contributed by atoms with Crippen LogP contribution < -0.4 is 10.6 Å². The Bertz CT molecular complexity index is 321. The number of nitrogens with zero attached hydrogens (tertiary/aromatic N) is 1. The van der Waals surface area contributed by atoms with Crippen LogP contribution in [0.5, 0.6) is 0 Å². The van der Waals surface area contributed by atoms with E-state index in [9.17, 15) is 4.91 Å². The summed E-state index contributed by atoms with van der Waals surface area (Å²) >= 11 is 0. The first kappa shape index (κ1) is 9.30. The van der Waals surface area contributed by atoms with E-state index in [1.807, 2.05) is 18.2 Å². The van der Waals surface area contributed by atoms with Crippen LogP contribution in [-0.4, -0.2) is 19.6 Å². The van der Waals surface area contributed by atoms with E-state index in [1.54, 1.807) is 6.07 Å². The summed E-state index contributed by atoms with van der Waals surface area (Å²) in [4.78, 5) is 10.4. The van der Waals surface area contributed by atoms with Gasteiger partial charge in [-0.15, -0.1) is 4.91 Å². The van der Waals surface area contributed by atoms with Gasteiger partial charge in [-0.1, -0.05) is 12.1 Å². The van der Waals surface area contributed by atoms with Crippen LogP contribution in [0.2, 0.25) is 0 Å². The SMILES string of the molecule is O=Nc1cccc(C2CNCCN2)c1. The molecule has 0 aliphatic carbocycles. The average Bonchev–Trinajstić information content (AvgIpc) is 2.30. The molecule has 0 spiro atoms. The molecule has 0 aromatic heterocycles. The minimum absolute atomic E-state index is 0.297. The summed E-state index contributed by atoms with van der Waals surface area (Å²) in [6, 6.07) is 7.72. The number of nitroso groups, excluding NO2 is 1. The van der Waals surface area contributed by atoms with Crippen molar-refractivity contribution in [3.63, 3.8) is 0 Å². The van der Waals surface area contributed by atoms with E-state index in [-0.39, 0.29) is 0 Å². The van der Waals surface area contributed by atoms with Gasteiger partial charge in [0.05, 0.1) is 0 Å². The summed E-state index contributed by atoms with van der Waals surface area (Å²) in [5.41, 5.74) is 1.61. The molecule has 74 valence electrons. The van der Waals surface area contributed by atoms with Gasteiger partial charge >= 0.3 is 0 Å². The average molecular weight is 191 g/mol. The largest absolute Gasteiger partial charge is 0.314 e. The molecule has 2 rings (SSSR count). The van der Waals surface area contributed by atoms with E-state index >= 15 is 0 Å². The van der Waals surface area contributed by atoms with Crippen molar-refractivity contribution in [1.82, 2.24) is 10.6 Å². The number of rotatable bonds is 2. The van der Waals surface area contributed by atoms with Crippen LogP contribution in [0.15, 0.2) is 29.4 Å². The van der Waals surface area contributed by atoms with Crippen molar-refractivity contribution in [2.45, 2.75) is 6.04 Å². The summed E-state index contributed by atoms with van der Waals surface area (Å²) in [6.45, 7) is 2.87. The van der Waals surface area contributed by atoms with Crippen molar-refractivity contribution in [3.8, 4) is 0 Å². The van der Waals surface area contributed by atoms with Crippen molar-refractivity contribution < 1.29 is 0 Å². The molecule has 14 heavy (non-hydrogen) atoms. The van der Waals surface area contributed by atoms with Crippen LogP contribution >= 0.6 is 0 Å². The van der Waals surface area contributed by atoms with Crippen LogP contribution in [0.4, 0.5) is 5.69 Å². The van der Waals surface area contributed by atoms with E-state index < -0.39 is 0 Å². The molecule has 1 aliphatic rings. The summed E-state index contributed by atoms with van der Waals surface area (Å²) in [7, 11) is 0. The smallest absolute Gasteiger partial charge is 0.108 e. The third-order valence-corrected chi connectivity index (χ3v) is 2.42. The fraction of sp³-hybridized carbons (Fsp3) is 0.400. The maximum atomic E-state index is 10.4. The molecule has 1 aromatic carbocycles. The zero-order chi connectivity index (χ0) is 9.80. The van der Waals surface area contributed by atoms with Crippen LogP contribution in [-0.2, 0) is 0 Å². The second-order valence-corrected chi connectivity index (χ2v) is 3.40. The highest BCUT2D eigenvalue weighted by Gasteiger charge is 2.13. The first-order valence-corrected chi connectivity index (χ1v) is 4.77. The van der Waals surface area contributed by atoms with Crippen LogP contribution in [0, 0.1) is 4.91 Å². The highest BCUT2D eigenvalue weighted by Crippen LogP contribution is 2.19. The second-order valence-electron chi connectivity index (χ2n) is 3.40. The third-order valence-electron chi connectivity index (χ3n) is 2.42. The zero-order valence-electron chi connectivity index (χ0n) is 7.86. The van der Waals surface area contributed by atoms with Crippen LogP contribution in [0.3, 0.4) is 0 Å². The second kappa shape index (κ2) is 4.30. The molecule has 4 heteroatoms. The molecule has 2 N–H and O–H groups in total. The molecule has 1 saturated heterocycles. The standard InChI is InChI=1S/C10H13N3O/c14-13-9-3-1-2-8(6-9)10-7-11-4-5-12-10/h1-3,6,10-12H,4-5,7H2. The molecule has 1 fully saturated rings. The Kier molecular flexibility index (Phi) is 2.86. The molecular formula is C10H13N3O. The summed E-state index contributed by atoms with van der Waals surface area (Å²) < 4.78 is 0. The molecule has 1 aliphatic heterocycles. The van der Waals surface area contributed by atoms with Crippen molar-refractivity contribution in [2.24, 2.45) is 5.18 Å². The molecule has 0 radical (unpaired) electrons. The van der Waals surface area contributed by atoms with Gasteiger partial charge in [0, 0.05) is 25.7 Å². The first-order chi connectivity index (χ1) is 6.90. The molecule has 0 amide bonds. The van der Waals surface area contributed by atoms with E-state index in [2.05, 4.69) is 15.8 Å². The maximum absolute atomic E-state index is 10.4. The first-order valence-electron chi connectivity index (χ1n) is 4.77. The fourth-order valence-electron chi connectivity index (χ4n) is 1.69. The van der Waals surface area contributed by atoms with Gasteiger partial charge in [0.15, 0.2) is 0 Å². The Hall–Kier alpha value is -1.26. The van der Waals surface area contributed by atoms with Gasteiger partial charge in [-0.25, -0.2) is 0 Å². The Morgan fingerprint density at radius 3 is 3.00 bits per heavy atom. The lowest BCUT2D eigenvalue weighted by Gasteiger charge is -2.24. The predicted molar refractivity (Wildman–Crippen MR) is 55.5 cm³/mol. The van der Waals surface area contributed by atoms with Crippen LogP contribution in [0.25, 0.3) is 0 Å². The van der Waals surface area contributed by atoms with Crippen molar-refractivity contribution in [1.29, 1.82) is 0 Å². The van der Waals surface area contributed by atoms with Gasteiger partial charge in [0.1, 0.15) is 5.69 Å². The van der Waals surface area contributed by atoms with Crippen LogP contribution in [0.1, 0.15) is 11.6 Å². The number of hydrogen-bond acceptors (Lipinski definition) is 4. The monoisotopic (exact) mass is 191 g/mol. The molecule has 4 nitrogen and oxygen atoms in total. The topological polar surface area (TPSA) is 53.5 Å². The van der Waals surface area contributed by atoms with E-state index in [0.717, 1.165) is 25.2 Å². The molecule has 0 bridgehead atoms. The Labute approximate surface area is 82.7 Å². The highest BCUT2D eigenvalue weighted by molar-refractivity contribution is 5.41. The lowest BCUT2D eigenvalue weighted by molar-refractivity contribution is 0.430. The maximum Gasteiger partial charge on any atom is 0.108 e. The molecular weight excluding hydrogens is 178 g/mol. The lowest BCUT2D eigenvalue weighted by atomic mass is 10.1. The van der Waals surface area contributed by atoms with Gasteiger partial charge in [-0.3, -0.25) is 0 Å². The summed E-state index contributed by atoms with van der Waals surface area (Å²) in [5.74, 6) is 0. The summed E-state index contributed by atoms with van der Waals surface area (Å²) in [6.07, 6.45) is 0. The summed E-state index contributed by atoms with van der Waals surface area (Å²) in [5, 5.41) is 9.61. The van der Waals surface area contributed by atoms with E-state index in [1.165, 1.54) is 0 Å². The number of benzene rings is 1. The van der Waals surface area contributed by atoms with Gasteiger partial charge in [0.2, 0.25) is 0 Å². The Morgan fingerprint density at radius 1 is 1.36 bits per heavy atom. The van der Waals surface area contributed by atoms with Gasteiger partial charge in [0.25, 0.3) is 0 Å². The fourth-order valence-corrected chi connectivity index (χ4v) is 1.69. The van der Waals surface area contributed by atoms with E-state index in [0.29, 0.717) is 11.7 Å². The van der Waals surface area contributed by atoms with Crippen molar-refractivity contribution in [2.75, 3.05) is 19.6 Å². The van der Waals surface area contributed by atoms with E-state index in [4.69, 9.17) is 0 Å². The third kappa shape index (κ3) is 1.97. The number of hydrogen-bond donors (Lipinski definition) is 2. The zero-order valence-corrected chi connectivity index (χ0v) is 7.86. The molecule has 1 unspecified atom stereocenters. The minimum Gasteiger partial charge on any atom is -0.314 e. The van der Waals surface area contributed by atoms with Gasteiger partial charge < -0.3 is 10.6 Å². The lowest BCUT2D eigenvalue weighted by Crippen LogP contribution is -2.42. The molecule has 1 heterocycles. The number of nitrogens with one attached hydrogen (secondary N) is 2. The van der Waals surface area contributed by atoms with Gasteiger partial charge in [-0.2, -0.15) is 0 Å². The number of piperazine rings is 1. The quantitative estimate of drug-likeness (QED) is 0.693.